The van der Waals surface area contributed by atoms with Crippen LogP contribution in [-0.4, -0.2) is 61.4 Å². The minimum absolute atomic E-state index is 0.0978. The Morgan fingerprint density at radius 3 is 2.60 bits per heavy atom. The molecule has 5 nitrogen and oxygen atoms in total. The number of esters is 1. The number of ether oxygens (including phenoxy) is 2. The molecule has 0 aromatic heterocycles. The second-order valence-electron chi connectivity index (χ2n) is 6.16. The van der Waals surface area contributed by atoms with E-state index in [0.29, 0.717) is 12.6 Å². The first-order valence-electron chi connectivity index (χ1n) is 7.76. The molecule has 0 spiro atoms. The van der Waals surface area contributed by atoms with Gasteiger partial charge in [-0.2, -0.15) is 0 Å². The van der Waals surface area contributed by atoms with E-state index in [9.17, 15) is 4.79 Å². The van der Waals surface area contributed by atoms with E-state index in [1.807, 2.05) is 14.0 Å². The monoisotopic (exact) mass is 284 g/mol. The van der Waals surface area contributed by atoms with Crippen LogP contribution < -0.4 is 5.32 Å². The predicted molar refractivity (Wildman–Crippen MR) is 77.6 cm³/mol. The largest absolute Gasteiger partial charge is 0.465 e. The Morgan fingerprint density at radius 1 is 1.40 bits per heavy atom. The van der Waals surface area contributed by atoms with Crippen molar-refractivity contribution in [1.82, 2.24) is 10.2 Å². The molecule has 4 atom stereocenters. The van der Waals surface area contributed by atoms with Gasteiger partial charge < -0.3 is 14.8 Å². The quantitative estimate of drug-likeness (QED) is 0.785. The van der Waals surface area contributed by atoms with Crippen LogP contribution in [0.1, 0.15) is 40.0 Å². The van der Waals surface area contributed by atoms with Crippen molar-refractivity contribution >= 4 is 5.97 Å². The summed E-state index contributed by atoms with van der Waals surface area (Å²) in [5.74, 6) is -0.0978. The fourth-order valence-corrected chi connectivity index (χ4v) is 3.63. The number of rotatable bonds is 4. The maximum atomic E-state index is 12.2. The molecule has 2 rings (SSSR count). The number of morpholine rings is 1. The topological polar surface area (TPSA) is 50.8 Å². The lowest BCUT2D eigenvalue weighted by Gasteiger charge is -2.39. The van der Waals surface area contributed by atoms with Crippen molar-refractivity contribution in [2.24, 2.45) is 0 Å². The lowest BCUT2D eigenvalue weighted by Crippen LogP contribution is -2.53. The van der Waals surface area contributed by atoms with Crippen molar-refractivity contribution in [3.8, 4) is 0 Å². The van der Waals surface area contributed by atoms with E-state index < -0.39 is 5.54 Å². The van der Waals surface area contributed by atoms with Crippen molar-refractivity contribution in [2.75, 3.05) is 26.7 Å². The average Bonchev–Trinajstić information content (AvgIpc) is 2.83. The van der Waals surface area contributed by atoms with Crippen molar-refractivity contribution in [3.63, 3.8) is 0 Å². The van der Waals surface area contributed by atoms with Gasteiger partial charge in [0.1, 0.15) is 5.54 Å². The zero-order chi connectivity index (χ0) is 14.8. The third kappa shape index (κ3) is 3.15. The molecule has 0 bridgehead atoms. The van der Waals surface area contributed by atoms with Crippen LogP contribution in [0.25, 0.3) is 0 Å². The molecule has 1 N–H and O–H groups in total. The zero-order valence-corrected chi connectivity index (χ0v) is 13.1. The summed E-state index contributed by atoms with van der Waals surface area (Å²) in [7, 11) is 1.86. The van der Waals surface area contributed by atoms with Gasteiger partial charge in [0.2, 0.25) is 0 Å². The number of carbonyl (C=O) groups is 1. The smallest absolute Gasteiger partial charge is 0.326 e. The van der Waals surface area contributed by atoms with E-state index in [1.54, 1.807) is 0 Å². The number of nitrogens with one attached hydrogen (secondary N) is 1. The SMILES string of the molecule is CCOC(=O)C1(NC)CCC(N2C[C@@H](C)O[C@@H](C)C2)C1. The van der Waals surface area contributed by atoms with Gasteiger partial charge in [-0.1, -0.05) is 0 Å². The molecule has 1 aliphatic heterocycles. The molecular formula is C15H28N2O3. The Balaban J connectivity index is 2.01. The fraction of sp³-hybridized carbons (Fsp3) is 0.933. The molecule has 1 saturated carbocycles. The Morgan fingerprint density at radius 2 is 2.05 bits per heavy atom. The highest BCUT2D eigenvalue weighted by Gasteiger charge is 2.47. The van der Waals surface area contributed by atoms with Gasteiger partial charge in [0.15, 0.2) is 0 Å². The van der Waals surface area contributed by atoms with Gasteiger partial charge in [0.05, 0.1) is 18.8 Å². The van der Waals surface area contributed by atoms with Crippen molar-refractivity contribution in [1.29, 1.82) is 0 Å². The molecule has 1 aliphatic carbocycles. The third-order valence-electron chi connectivity index (χ3n) is 4.60. The van der Waals surface area contributed by atoms with Crippen molar-refractivity contribution in [3.05, 3.63) is 0 Å². The standard InChI is InChI=1S/C15H28N2O3/c1-5-19-14(18)15(16-4)7-6-13(8-15)17-9-11(2)20-12(3)10-17/h11-13,16H,5-10H2,1-4H3/t11-,12+,13?,15?. The second kappa shape index (κ2) is 6.41. The average molecular weight is 284 g/mol. The highest BCUT2D eigenvalue weighted by molar-refractivity contribution is 5.81. The van der Waals surface area contributed by atoms with E-state index in [0.717, 1.165) is 32.4 Å². The van der Waals surface area contributed by atoms with Crippen LogP contribution in [0.4, 0.5) is 0 Å². The summed E-state index contributed by atoms with van der Waals surface area (Å²) >= 11 is 0. The predicted octanol–water partition coefficient (Wildman–Crippen LogP) is 1.17. The minimum Gasteiger partial charge on any atom is -0.465 e. The fourth-order valence-electron chi connectivity index (χ4n) is 3.63. The highest BCUT2D eigenvalue weighted by atomic mass is 16.5. The van der Waals surface area contributed by atoms with Gasteiger partial charge in [-0.05, 0) is 47.1 Å². The number of hydrogen-bond acceptors (Lipinski definition) is 5. The van der Waals surface area contributed by atoms with Gasteiger partial charge >= 0.3 is 5.97 Å². The van der Waals surface area contributed by atoms with Crippen molar-refractivity contribution in [2.45, 2.75) is 63.8 Å². The normalized spacial score (nSPS) is 38.9. The zero-order valence-electron chi connectivity index (χ0n) is 13.1. The minimum atomic E-state index is -0.495. The summed E-state index contributed by atoms with van der Waals surface area (Å²) in [4.78, 5) is 14.7. The van der Waals surface area contributed by atoms with Crippen LogP contribution in [0.2, 0.25) is 0 Å². The number of likely N-dealkylation sites (N-methyl/N-ethyl adjacent to an activating group) is 1. The molecule has 1 heterocycles. The molecule has 0 amide bonds. The molecule has 116 valence electrons. The van der Waals surface area contributed by atoms with Gasteiger partial charge in [-0.15, -0.1) is 0 Å². The van der Waals surface area contributed by atoms with Crippen LogP contribution in [-0.2, 0) is 14.3 Å². The molecule has 5 heteroatoms. The number of hydrogen-bond donors (Lipinski definition) is 1. The van der Waals surface area contributed by atoms with Crippen LogP contribution in [0.5, 0.6) is 0 Å². The van der Waals surface area contributed by atoms with E-state index in [1.165, 1.54) is 0 Å². The molecule has 0 aromatic carbocycles. The first-order chi connectivity index (χ1) is 9.50. The third-order valence-corrected chi connectivity index (χ3v) is 4.60. The summed E-state index contributed by atoms with van der Waals surface area (Å²) in [5, 5.41) is 3.22. The van der Waals surface area contributed by atoms with Crippen molar-refractivity contribution < 1.29 is 14.3 Å². The van der Waals surface area contributed by atoms with Crippen LogP contribution in [0.3, 0.4) is 0 Å². The number of carbonyl (C=O) groups excluding carboxylic acids is 1. The molecule has 2 fully saturated rings. The molecule has 2 aliphatic rings. The lowest BCUT2D eigenvalue weighted by atomic mass is 9.97. The highest BCUT2D eigenvalue weighted by Crippen LogP contribution is 2.35. The summed E-state index contributed by atoms with van der Waals surface area (Å²) in [6.07, 6.45) is 3.27. The van der Waals surface area contributed by atoms with E-state index >= 15 is 0 Å². The van der Waals surface area contributed by atoms with Gasteiger partial charge in [0.25, 0.3) is 0 Å². The first-order valence-corrected chi connectivity index (χ1v) is 7.76. The molecular weight excluding hydrogens is 256 g/mol. The van der Waals surface area contributed by atoms with E-state index in [4.69, 9.17) is 9.47 Å². The van der Waals surface area contributed by atoms with Crippen LogP contribution >= 0.6 is 0 Å². The lowest BCUT2D eigenvalue weighted by molar-refractivity contribution is -0.151. The maximum absolute atomic E-state index is 12.2. The summed E-state index contributed by atoms with van der Waals surface area (Å²) in [6.45, 7) is 8.45. The second-order valence-corrected chi connectivity index (χ2v) is 6.16. The Bertz CT molecular complexity index is 340. The Kier molecular flexibility index (Phi) is 5.04. The van der Waals surface area contributed by atoms with Crippen LogP contribution in [0.15, 0.2) is 0 Å². The number of nitrogens with zero attached hydrogens (tertiary/aromatic N) is 1. The summed E-state index contributed by atoms with van der Waals surface area (Å²) in [5.41, 5.74) is -0.495. The van der Waals surface area contributed by atoms with Gasteiger partial charge in [-0.3, -0.25) is 9.69 Å². The molecule has 0 aromatic rings. The Labute approximate surface area is 122 Å². The maximum Gasteiger partial charge on any atom is 0.326 e. The molecule has 0 radical (unpaired) electrons. The van der Waals surface area contributed by atoms with Crippen LogP contribution in [0, 0.1) is 0 Å². The summed E-state index contributed by atoms with van der Waals surface area (Å²) < 4.78 is 11.0. The Hall–Kier alpha value is -0.650. The summed E-state index contributed by atoms with van der Waals surface area (Å²) in [6, 6.07) is 0.445. The molecule has 20 heavy (non-hydrogen) atoms. The molecule has 1 saturated heterocycles. The van der Waals surface area contributed by atoms with Gasteiger partial charge in [-0.25, -0.2) is 0 Å². The van der Waals surface area contributed by atoms with E-state index in [-0.39, 0.29) is 18.2 Å². The van der Waals surface area contributed by atoms with E-state index in [2.05, 4.69) is 24.1 Å². The van der Waals surface area contributed by atoms with Gasteiger partial charge in [0, 0.05) is 19.1 Å². The first kappa shape index (κ1) is 15.7. The molecule has 2 unspecified atom stereocenters.